The Hall–Kier alpha value is -2.59. The van der Waals surface area contributed by atoms with Gasteiger partial charge in [-0.25, -0.2) is 9.78 Å². The number of phenolic OH excluding ortho intramolecular Hbond substituents is 1. The fourth-order valence-electron chi connectivity index (χ4n) is 2.22. The van der Waals surface area contributed by atoms with Gasteiger partial charge in [-0.2, -0.15) is 0 Å². The summed E-state index contributed by atoms with van der Waals surface area (Å²) in [4.78, 5) is 15.9. The van der Waals surface area contributed by atoms with Crippen LogP contribution in [0, 0.1) is 0 Å². The van der Waals surface area contributed by atoms with Crippen molar-refractivity contribution in [3.63, 3.8) is 0 Å². The highest BCUT2D eigenvalue weighted by atomic mass is 35.5. The standard InChI is InChI=1S/C16H10ClNO3/c17-12-6-3-5-9-11(16(20)21)8-13(18-15(9)12)10-4-1-2-7-14(10)19/h1-8,19H,(H,20,21). The van der Waals surface area contributed by atoms with E-state index < -0.39 is 5.97 Å². The van der Waals surface area contributed by atoms with Gasteiger partial charge in [-0.15, -0.1) is 0 Å². The van der Waals surface area contributed by atoms with Crippen LogP contribution in [0.2, 0.25) is 5.02 Å². The highest BCUT2D eigenvalue weighted by molar-refractivity contribution is 6.35. The van der Waals surface area contributed by atoms with Gasteiger partial charge >= 0.3 is 5.97 Å². The lowest BCUT2D eigenvalue weighted by Gasteiger charge is -2.09. The number of fused-ring (bicyclic) bond motifs is 1. The maximum atomic E-state index is 11.5. The maximum Gasteiger partial charge on any atom is 0.336 e. The molecule has 21 heavy (non-hydrogen) atoms. The van der Waals surface area contributed by atoms with Gasteiger partial charge < -0.3 is 10.2 Å². The smallest absolute Gasteiger partial charge is 0.336 e. The molecule has 104 valence electrons. The molecule has 1 aromatic heterocycles. The van der Waals surface area contributed by atoms with E-state index in [1.54, 1.807) is 36.4 Å². The second kappa shape index (κ2) is 5.07. The molecule has 0 saturated heterocycles. The molecule has 0 bridgehead atoms. The van der Waals surface area contributed by atoms with Crippen LogP contribution in [0.5, 0.6) is 5.75 Å². The molecule has 5 heteroatoms. The maximum absolute atomic E-state index is 11.5. The van der Waals surface area contributed by atoms with Gasteiger partial charge in [0.05, 0.1) is 21.8 Å². The number of para-hydroxylation sites is 2. The summed E-state index contributed by atoms with van der Waals surface area (Å²) in [5, 5.41) is 20.1. The number of hydrogen-bond acceptors (Lipinski definition) is 3. The van der Waals surface area contributed by atoms with Gasteiger partial charge in [0.15, 0.2) is 0 Å². The average molecular weight is 300 g/mol. The Morgan fingerprint density at radius 1 is 1.10 bits per heavy atom. The minimum atomic E-state index is -1.07. The van der Waals surface area contributed by atoms with Crippen molar-refractivity contribution in [3.05, 3.63) is 59.1 Å². The van der Waals surface area contributed by atoms with E-state index in [1.807, 2.05) is 0 Å². The molecule has 2 N–H and O–H groups in total. The lowest BCUT2D eigenvalue weighted by molar-refractivity contribution is 0.0699. The van der Waals surface area contributed by atoms with Crippen LogP contribution >= 0.6 is 11.6 Å². The molecule has 4 nitrogen and oxygen atoms in total. The number of halogens is 1. The number of carboxylic acid groups (broad SMARTS) is 1. The zero-order valence-electron chi connectivity index (χ0n) is 10.7. The number of aromatic hydroxyl groups is 1. The molecule has 3 aromatic rings. The van der Waals surface area contributed by atoms with Gasteiger partial charge in [-0.1, -0.05) is 35.9 Å². The van der Waals surface area contributed by atoms with Crippen molar-refractivity contribution < 1.29 is 15.0 Å². The predicted octanol–water partition coefficient (Wildman–Crippen LogP) is 3.96. The Morgan fingerprint density at radius 2 is 1.86 bits per heavy atom. The Kier molecular flexibility index (Phi) is 3.23. The van der Waals surface area contributed by atoms with Crippen molar-refractivity contribution in [3.8, 4) is 17.0 Å². The van der Waals surface area contributed by atoms with Crippen LogP contribution in [0.15, 0.2) is 48.5 Å². The van der Waals surface area contributed by atoms with Crippen molar-refractivity contribution in [2.45, 2.75) is 0 Å². The minimum Gasteiger partial charge on any atom is -0.507 e. The summed E-state index contributed by atoms with van der Waals surface area (Å²) in [6.07, 6.45) is 0. The molecule has 0 amide bonds. The van der Waals surface area contributed by atoms with Crippen LogP contribution in [0.25, 0.3) is 22.2 Å². The lowest BCUT2D eigenvalue weighted by Crippen LogP contribution is -2.00. The number of aromatic carboxylic acids is 1. The van der Waals surface area contributed by atoms with Crippen molar-refractivity contribution in [1.82, 2.24) is 4.98 Å². The molecular formula is C16H10ClNO3. The first kappa shape index (κ1) is 13.4. The molecule has 0 atom stereocenters. The molecule has 0 spiro atoms. The van der Waals surface area contributed by atoms with E-state index in [0.29, 0.717) is 27.2 Å². The number of aromatic nitrogens is 1. The van der Waals surface area contributed by atoms with E-state index in [2.05, 4.69) is 4.98 Å². The summed E-state index contributed by atoms with van der Waals surface area (Å²) in [6.45, 7) is 0. The van der Waals surface area contributed by atoms with Crippen molar-refractivity contribution in [1.29, 1.82) is 0 Å². The van der Waals surface area contributed by atoms with Crippen LogP contribution in [0.3, 0.4) is 0 Å². The number of carboxylic acids is 1. The number of carbonyl (C=O) groups is 1. The predicted molar refractivity (Wildman–Crippen MR) is 80.8 cm³/mol. The first-order chi connectivity index (χ1) is 10.1. The fourth-order valence-corrected chi connectivity index (χ4v) is 2.44. The van der Waals surface area contributed by atoms with Gasteiger partial charge in [-0.05, 0) is 24.3 Å². The van der Waals surface area contributed by atoms with Gasteiger partial charge in [-0.3, -0.25) is 0 Å². The van der Waals surface area contributed by atoms with Crippen LogP contribution < -0.4 is 0 Å². The van der Waals surface area contributed by atoms with Crippen molar-refractivity contribution in [2.75, 3.05) is 0 Å². The van der Waals surface area contributed by atoms with Gasteiger partial charge in [0.25, 0.3) is 0 Å². The average Bonchev–Trinajstić information content (AvgIpc) is 2.47. The zero-order valence-corrected chi connectivity index (χ0v) is 11.5. The summed E-state index contributed by atoms with van der Waals surface area (Å²) in [6, 6.07) is 13.1. The van der Waals surface area contributed by atoms with Crippen molar-refractivity contribution >= 4 is 28.5 Å². The van der Waals surface area contributed by atoms with E-state index >= 15 is 0 Å². The number of nitrogens with zero attached hydrogens (tertiary/aromatic N) is 1. The fraction of sp³-hybridized carbons (Fsp3) is 0. The summed E-state index contributed by atoms with van der Waals surface area (Å²) < 4.78 is 0. The van der Waals surface area contributed by atoms with E-state index in [-0.39, 0.29) is 11.3 Å². The Morgan fingerprint density at radius 3 is 2.57 bits per heavy atom. The third-order valence-electron chi connectivity index (χ3n) is 3.20. The first-order valence-corrected chi connectivity index (χ1v) is 6.56. The number of rotatable bonds is 2. The Bertz CT molecular complexity index is 861. The van der Waals surface area contributed by atoms with E-state index in [1.165, 1.54) is 12.1 Å². The second-order valence-corrected chi connectivity index (χ2v) is 4.92. The molecule has 0 aliphatic heterocycles. The van der Waals surface area contributed by atoms with E-state index in [4.69, 9.17) is 11.6 Å². The largest absolute Gasteiger partial charge is 0.507 e. The van der Waals surface area contributed by atoms with Crippen LogP contribution in [-0.2, 0) is 0 Å². The van der Waals surface area contributed by atoms with Gasteiger partial charge in [0.1, 0.15) is 5.75 Å². The highest BCUT2D eigenvalue weighted by Gasteiger charge is 2.15. The monoisotopic (exact) mass is 299 g/mol. The van der Waals surface area contributed by atoms with Crippen LogP contribution in [-0.4, -0.2) is 21.2 Å². The normalized spacial score (nSPS) is 10.7. The zero-order chi connectivity index (χ0) is 15.0. The number of pyridine rings is 1. The summed E-state index contributed by atoms with van der Waals surface area (Å²) in [5.41, 5.74) is 1.32. The molecule has 2 aromatic carbocycles. The lowest BCUT2D eigenvalue weighted by atomic mass is 10.0. The van der Waals surface area contributed by atoms with Crippen LogP contribution in [0.4, 0.5) is 0 Å². The summed E-state index contributed by atoms with van der Waals surface area (Å²) >= 11 is 6.11. The molecular weight excluding hydrogens is 290 g/mol. The minimum absolute atomic E-state index is 0.0349. The second-order valence-electron chi connectivity index (χ2n) is 4.51. The van der Waals surface area contributed by atoms with E-state index in [0.717, 1.165) is 0 Å². The summed E-state index contributed by atoms with van der Waals surface area (Å²) in [7, 11) is 0. The van der Waals surface area contributed by atoms with Crippen molar-refractivity contribution in [2.24, 2.45) is 0 Å². The Labute approximate surface area is 125 Å². The molecule has 0 saturated carbocycles. The van der Waals surface area contributed by atoms with Gasteiger partial charge in [0, 0.05) is 10.9 Å². The molecule has 0 radical (unpaired) electrons. The number of phenols is 1. The number of hydrogen-bond donors (Lipinski definition) is 2. The third-order valence-corrected chi connectivity index (χ3v) is 3.51. The quantitative estimate of drug-likeness (QED) is 0.751. The van der Waals surface area contributed by atoms with Gasteiger partial charge in [0.2, 0.25) is 0 Å². The molecule has 0 aliphatic rings. The summed E-state index contributed by atoms with van der Waals surface area (Å²) in [5.74, 6) is -1.03. The first-order valence-electron chi connectivity index (χ1n) is 6.19. The highest BCUT2D eigenvalue weighted by Crippen LogP contribution is 2.32. The third kappa shape index (κ3) is 2.30. The Balaban J connectivity index is 2.38. The molecule has 0 aliphatic carbocycles. The molecule has 3 rings (SSSR count). The molecule has 0 unspecified atom stereocenters. The van der Waals surface area contributed by atoms with Crippen LogP contribution in [0.1, 0.15) is 10.4 Å². The number of benzene rings is 2. The SMILES string of the molecule is O=C(O)c1cc(-c2ccccc2O)nc2c(Cl)cccc12. The molecule has 1 heterocycles. The van der Waals surface area contributed by atoms with E-state index in [9.17, 15) is 15.0 Å². The topological polar surface area (TPSA) is 70.4 Å². The molecule has 0 fully saturated rings.